The van der Waals surface area contributed by atoms with E-state index in [4.69, 9.17) is 9.97 Å². The predicted octanol–water partition coefficient (Wildman–Crippen LogP) is 14.6. The summed E-state index contributed by atoms with van der Waals surface area (Å²) in [4.78, 5) is 10.6. The van der Waals surface area contributed by atoms with Crippen molar-refractivity contribution < 1.29 is 0 Å². The van der Waals surface area contributed by atoms with Gasteiger partial charge in [-0.1, -0.05) is 184 Å². The first-order chi connectivity index (χ1) is 28.0. The zero-order chi connectivity index (χ0) is 38.1. The van der Waals surface area contributed by atoms with E-state index in [1.165, 1.54) is 65.7 Å². The predicted molar refractivity (Wildman–Crippen MR) is 239 cm³/mol. The molecular weight excluding hydrogens is 689 g/mol. The molecule has 2 heteroatoms. The van der Waals surface area contributed by atoms with E-state index >= 15 is 0 Å². The summed E-state index contributed by atoms with van der Waals surface area (Å²) in [5, 5.41) is 7.29. The van der Waals surface area contributed by atoms with Crippen LogP contribution in [0.15, 0.2) is 194 Å². The van der Waals surface area contributed by atoms with E-state index < -0.39 is 0 Å². The summed E-state index contributed by atoms with van der Waals surface area (Å²) in [6.07, 6.45) is 0. The molecule has 0 bridgehead atoms. The maximum atomic E-state index is 5.29. The standard InChI is InChI=1S/C55H38N2/c1-55(2)49-26-12-23-45(53(49)48-32-40-15-3-4-16-41(40)33-50(48)55)38-29-27-35(28-30-38)39-19-9-20-42(31-39)54-56-51(46-24-10-17-36-13-5-7-21-43(36)46)34-52(57-54)47-25-11-18-37-14-6-8-22-44(37)47/h3-34H,1-2H3. The summed E-state index contributed by atoms with van der Waals surface area (Å²) < 4.78 is 0. The monoisotopic (exact) mass is 726 g/mol. The van der Waals surface area contributed by atoms with Gasteiger partial charge < -0.3 is 0 Å². The van der Waals surface area contributed by atoms with Gasteiger partial charge in [0.1, 0.15) is 0 Å². The van der Waals surface area contributed by atoms with Gasteiger partial charge in [0.15, 0.2) is 5.82 Å². The topological polar surface area (TPSA) is 25.8 Å². The molecule has 0 saturated heterocycles. The second-order valence-electron chi connectivity index (χ2n) is 15.8. The molecule has 10 aromatic rings. The Kier molecular flexibility index (Phi) is 7.55. The third-order valence-electron chi connectivity index (χ3n) is 12.1. The summed E-state index contributed by atoms with van der Waals surface area (Å²) in [6, 6.07) is 70.1. The maximum absolute atomic E-state index is 5.29. The average molecular weight is 727 g/mol. The number of benzene rings is 9. The fourth-order valence-corrected chi connectivity index (χ4v) is 9.14. The van der Waals surface area contributed by atoms with E-state index in [1.54, 1.807) is 0 Å². The molecule has 0 spiro atoms. The van der Waals surface area contributed by atoms with Gasteiger partial charge in [-0.05, 0) is 101 Å². The van der Waals surface area contributed by atoms with Gasteiger partial charge >= 0.3 is 0 Å². The van der Waals surface area contributed by atoms with Gasteiger partial charge in [-0.2, -0.15) is 0 Å². The SMILES string of the molecule is CC1(C)c2cc3ccccc3cc2-c2c(-c3ccc(-c4cccc(-c5nc(-c6cccc7ccccc67)cc(-c6cccc7ccccc67)n5)c4)cc3)cccc21. The lowest BCUT2D eigenvalue weighted by atomic mass is 9.81. The van der Waals surface area contributed by atoms with E-state index in [2.05, 4.69) is 208 Å². The molecule has 1 aromatic heterocycles. The Hall–Kier alpha value is -7.16. The van der Waals surface area contributed by atoms with E-state index in [0.29, 0.717) is 5.82 Å². The smallest absolute Gasteiger partial charge is 0.160 e. The number of hydrogen-bond donors (Lipinski definition) is 0. The highest BCUT2D eigenvalue weighted by Crippen LogP contribution is 2.53. The summed E-state index contributed by atoms with van der Waals surface area (Å²) in [7, 11) is 0. The normalized spacial score (nSPS) is 12.9. The molecule has 0 atom stereocenters. The first-order valence-electron chi connectivity index (χ1n) is 19.7. The molecule has 0 unspecified atom stereocenters. The molecule has 0 radical (unpaired) electrons. The summed E-state index contributed by atoms with van der Waals surface area (Å²) in [5.41, 5.74) is 15.1. The Bertz CT molecular complexity index is 3100. The van der Waals surface area contributed by atoms with Crippen LogP contribution in [0.1, 0.15) is 25.0 Å². The van der Waals surface area contributed by atoms with Crippen LogP contribution in [-0.4, -0.2) is 9.97 Å². The van der Waals surface area contributed by atoms with Crippen LogP contribution in [0, 0.1) is 0 Å². The minimum absolute atomic E-state index is 0.0778. The van der Waals surface area contributed by atoms with Crippen LogP contribution in [0.3, 0.4) is 0 Å². The van der Waals surface area contributed by atoms with Crippen LogP contribution in [0.2, 0.25) is 0 Å². The average Bonchev–Trinajstić information content (AvgIpc) is 3.50. The van der Waals surface area contributed by atoms with Crippen LogP contribution in [0.5, 0.6) is 0 Å². The van der Waals surface area contributed by atoms with Crippen molar-refractivity contribution >= 4 is 32.3 Å². The van der Waals surface area contributed by atoms with Gasteiger partial charge in [0.05, 0.1) is 11.4 Å². The molecule has 1 aliphatic carbocycles. The maximum Gasteiger partial charge on any atom is 0.160 e. The highest BCUT2D eigenvalue weighted by Gasteiger charge is 2.37. The van der Waals surface area contributed by atoms with E-state index in [9.17, 15) is 0 Å². The first-order valence-corrected chi connectivity index (χ1v) is 19.7. The van der Waals surface area contributed by atoms with Crippen LogP contribution < -0.4 is 0 Å². The van der Waals surface area contributed by atoms with Gasteiger partial charge in [-0.25, -0.2) is 9.97 Å². The van der Waals surface area contributed by atoms with Gasteiger partial charge in [-0.15, -0.1) is 0 Å². The molecule has 0 N–H and O–H groups in total. The van der Waals surface area contributed by atoms with Gasteiger partial charge in [0.2, 0.25) is 0 Å². The van der Waals surface area contributed by atoms with E-state index in [0.717, 1.165) is 39.2 Å². The lowest BCUT2D eigenvalue weighted by molar-refractivity contribution is 0.661. The van der Waals surface area contributed by atoms with Gasteiger partial charge in [-0.3, -0.25) is 0 Å². The molecule has 1 aliphatic rings. The third-order valence-corrected chi connectivity index (χ3v) is 12.1. The Morgan fingerprint density at radius 2 is 0.842 bits per heavy atom. The Morgan fingerprint density at radius 3 is 1.51 bits per heavy atom. The largest absolute Gasteiger partial charge is 0.228 e. The number of nitrogens with zero attached hydrogens (tertiary/aromatic N) is 2. The third kappa shape index (κ3) is 5.48. The number of fused-ring (bicyclic) bond motifs is 6. The number of hydrogen-bond acceptors (Lipinski definition) is 2. The summed E-state index contributed by atoms with van der Waals surface area (Å²) in [5.74, 6) is 0.704. The van der Waals surface area contributed by atoms with Crippen molar-refractivity contribution in [1.82, 2.24) is 9.97 Å². The molecule has 2 nitrogen and oxygen atoms in total. The summed E-state index contributed by atoms with van der Waals surface area (Å²) in [6.45, 7) is 4.72. The molecule has 0 saturated carbocycles. The second-order valence-corrected chi connectivity index (χ2v) is 15.8. The van der Waals surface area contributed by atoms with Crippen molar-refractivity contribution in [1.29, 1.82) is 0 Å². The molecule has 9 aromatic carbocycles. The first kappa shape index (κ1) is 33.2. The molecule has 1 heterocycles. The highest BCUT2D eigenvalue weighted by molar-refractivity contribution is 6.00. The van der Waals surface area contributed by atoms with E-state index in [1.807, 2.05) is 0 Å². The minimum Gasteiger partial charge on any atom is -0.228 e. The molecule has 0 amide bonds. The minimum atomic E-state index is -0.0778. The van der Waals surface area contributed by atoms with Crippen molar-refractivity contribution in [2.24, 2.45) is 0 Å². The van der Waals surface area contributed by atoms with Crippen molar-refractivity contribution in [3.63, 3.8) is 0 Å². The van der Waals surface area contributed by atoms with Crippen molar-refractivity contribution in [2.75, 3.05) is 0 Å². The Labute approximate surface area is 332 Å². The number of aromatic nitrogens is 2. The van der Waals surface area contributed by atoms with Crippen LogP contribution in [0.4, 0.5) is 0 Å². The lowest BCUT2D eigenvalue weighted by Gasteiger charge is -2.22. The zero-order valence-corrected chi connectivity index (χ0v) is 31.9. The quantitative estimate of drug-likeness (QED) is 0.176. The van der Waals surface area contributed by atoms with Crippen LogP contribution in [0.25, 0.3) is 99.6 Å². The fraction of sp³-hybridized carbons (Fsp3) is 0.0545. The molecule has 268 valence electrons. The molecule has 57 heavy (non-hydrogen) atoms. The van der Waals surface area contributed by atoms with Crippen LogP contribution >= 0.6 is 0 Å². The Balaban J connectivity index is 1.01. The van der Waals surface area contributed by atoms with Gasteiger partial charge in [0.25, 0.3) is 0 Å². The molecular formula is C55H38N2. The summed E-state index contributed by atoms with van der Waals surface area (Å²) >= 11 is 0. The van der Waals surface area contributed by atoms with Gasteiger partial charge in [0, 0.05) is 22.1 Å². The van der Waals surface area contributed by atoms with Crippen LogP contribution in [-0.2, 0) is 5.41 Å². The molecule has 0 aliphatic heterocycles. The second kappa shape index (κ2) is 13.0. The van der Waals surface area contributed by atoms with Crippen molar-refractivity contribution in [2.45, 2.75) is 19.3 Å². The number of rotatable bonds is 5. The zero-order valence-electron chi connectivity index (χ0n) is 31.9. The highest BCUT2D eigenvalue weighted by atomic mass is 14.9. The lowest BCUT2D eigenvalue weighted by Crippen LogP contribution is -2.14. The Morgan fingerprint density at radius 1 is 0.333 bits per heavy atom. The fourth-order valence-electron chi connectivity index (χ4n) is 9.14. The van der Waals surface area contributed by atoms with Crippen molar-refractivity contribution in [3.8, 4) is 67.3 Å². The van der Waals surface area contributed by atoms with E-state index in [-0.39, 0.29) is 5.41 Å². The molecule has 0 fully saturated rings. The molecule has 11 rings (SSSR count). The van der Waals surface area contributed by atoms with Crippen molar-refractivity contribution in [3.05, 3.63) is 205 Å².